The number of urea groups is 1. The van der Waals surface area contributed by atoms with E-state index in [-0.39, 0.29) is 30.1 Å². The summed E-state index contributed by atoms with van der Waals surface area (Å²) in [7, 11) is 0. The Morgan fingerprint density at radius 3 is 2.65 bits per heavy atom. The molecule has 0 radical (unpaired) electrons. The maximum absolute atomic E-state index is 13.2. The monoisotopic (exact) mass is 470 g/mol. The Balaban J connectivity index is 1.32. The van der Waals surface area contributed by atoms with Crippen LogP contribution in [0.5, 0.6) is 0 Å². The lowest BCUT2D eigenvalue weighted by molar-refractivity contribution is -0.137. The Labute approximate surface area is 194 Å². The van der Waals surface area contributed by atoms with Crippen molar-refractivity contribution in [3.63, 3.8) is 0 Å². The second kappa shape index (κ2) is 7.75. The number of benzene rings is 1. The van der Waals surface area contributed by atoms with Crippen molar-refractivity contribution < 1.29 is 18.0 Å². The van der Waals surface area contributed by atoms with Crippen molar-refractivity contribution in [2.45, 2.75) is 57.4 Å². The number of aromatic nitrogens is 3. The van der Waals surface area contributed by atoms with E-state index in [0.717, 1.165) is 29.8 Å². The fourth-order valence-electron chi connectivity index (χ4n) is 4.62. The first kappa shape index (κ1) is 22.2. The lowest BCUT2D eigenvalue weighted by atomic mass is 10.0. The summed E-state index contributed by atoms with van der Waals surface area (Å²) in [5, 5.41) is 13.2. The van der Waals surface area contributed by atoms with Crippen LogP contribution in [0, 0.1) is 6.92 Å². The Hall–Kier alpha value is -3.56. The summed E-state index contributed by atoms with van der Waals surface area (Å²) in [5.41, 5.74) is 1.47. The fourth-order valence-corrected chi connectivity index (χ4v) is 4.62. The average molecular weight is 470 g/mol. The van der Waals surface area contributed by atoms with Gasteiger partial charge in [-0.25, -0.2) is 9.78 Å². The van der Waals surface area contributed by atoms with Crippen LogP contribution in [0.15, 0.2) is 42.5 Å². The average Bonchev–Trinajstić information content (AvgIpc) is 3.32. The molecule has 7 nitrogen and oxygen atoms in total. The zero-order valence-electron chi connectivity index (χ0n) is 19.0. The first-order valence-electron chi connectivity index (χ1n) is 11.1. The number of alkyl halides is 3. The Morgan fingerprint density at radius 1 is 1.21 bits per heavy atom. The van der Waals surface area contributed by atoms with Crippen molar-refractivity contribution in [2.24, 2.45) is 0 Å². The molecule has 1 aliphatic carbocycles. The number of hydrogen-bond donors (Lipinski definition) is 3. The van der Waals surface area contributed by atoms with Gasteiger partial charge in [-0.05, 0) is 44.9 Å². The topological polar surface area (TPSA) is 85.9 Å². The lowest BCUT2D eigenvalue weighted by Gasteiger charge is -2.32. The number of hydrogen-bond acceptors (Lipinski definition) is 4. The highest BCUT2D eigenvalue weighted by atomic mass is 19.4. The number of aryl methyl sites for hydroxylation is 1. The number of amides is 2. The van der Waals surface area contributed by atoms with E-state index in [0.29, 0.717) is 11.7 Å². The molecule has 2 amide bonds. The van der Waals surface area contributed by atoms with Crippen LogP contribution in [-0.4, -0.2) is 32.2 Å². The van der Waals surface area contributed by atoms with Crippen LogP contribution < -0.4 is 10.6 Å². The predicted octanol–water partition coefficient (Wildman–Crippen LogP) is 5.19. The molecule has 3 aromatic rings. The summed E-state index contributed by atoms with van der Waals surface area (Å²) in [5.74, 6) is 0.715. The number of H-pyrrole nitrogens is 1. The van der Waals surface area contributed by atoms with E-state index < -0.39 is 17.3 Å². The minimum absolute atomic E-state index is 0.0472. The molecule has 1 unspecified atom stereocenters. The van der Waals surface area contributed by atoms with E-state index in [9.17, 15) is 18.0 Å². The van der Waals surface area contributed by atoms with E-state index in [1.54, 1.807) is 4.90 Å². The Bertz CT molecular complexity index is 1240. The van der Waals surface area contributed by atoms with Crippen LogP contribution in [0.2, 0.25) is 0 Å². The summed E-state index contributed by atoms with van der Waals surface area (Å²) in [6.07, 6.45) is -3.58. The van der Waals surface area contributed by atoms with Crippen molar-refractivity contribution in [1.82, 2.24) is 25.4 Å². The number of fused-ring (bicyclic) bond motifs is 1. The van der Waals surface area contributed by atoms with E-state index in [4.69, 9.17) is 0 Å². The molecule has 34 heavy (non-hydrogen) atoms. The number of nitrogens with one attached hydrogen (secondary N) is 3. The third-order valence-corrected chi connectivity index (χ3v) is 6.57. The molecule has 0 bridgehead atoms. The van der Waals surface area contributed by atoms with E-state index in [1.807, 2.05) is 32.0 Å². The van der Waals surface area contributed by atoms with Crippen LogP contribution in [-0.2, 0) is 18.3 Å². The first-order valence-corrected chi connectivity index (χ1v) is 11.1. The van der Waals surface area contributed by atoms with E-state index >= 15 is 0 Å². The van der Waals surface area contributed by atoms with Crippen molar-refractivity contribution in [3.8, 4) is 0 Å². The molecular formula is C24H25F3N6O. The maximum Gasteiger partial charge on any atom is 0.416 e. The van der Waals surface area contributed by atoms with E-state index in [1.165, 1.54) is 12.5 Å². The van der Waals surface area contributed by atoms with Gasteiger partial charge in [-0.3, -0.25) is 5.10 Å². The number of nitrogens with zero attached hydrogens (tertiary/aromatic N) is 3. The highest BCUT2D eigenvalue weighted by molar-refractivity contribution is 5.78. The molecule has 0 spiro atoms. The zero-order chi connectivity index (χ0) is 24.3. The molecule has 1 saturated carbocycles. The third-order valence-electron chi connectivity index (χ3n) is 6.57. The molecule has 2 aliphatic rings. The van der Waals surface area contributed by atoms with Gasteiger partial charge in [0.25, 0.3) is 0 Å². The molecular weight excluding hydrogens is 445 g/mol. The summed E-state index contributed by atoms with van der Waals surface area (Å²) >= 11 is 0. The van der Waals surface area contributed by atoms with E-state index in [2.05, 4.69) is 37.9 Å². The van der Waals surface area contributed by atoms with Crippen LogP contribution in [0.25, 0.3) is 0 Å². The number of pyridine rings is 1. The molecule has 1 aliphatic heterocycles. The van der Waals surface area contributed by atoms with Crippen LogP contribution in [0.4, 0.5) is 29.6 Å². The molecule has 2 atom stereocenters. The molecule has 178 valence electrons. The van der Waals surface area contributed by atoms with Gasteiger partial charge in [-0.1, -0.05) is 30.3 Å². The van der Waals surface area contributed by atoms with Crippen LogP contribution in [0.3, 0.4) is 0 Å². The van der Waals surface area contributed by atoms with Gasteiger partial charge in [-0.15, -0.1) is 0 Å². The largest absolute Gasteiger partial charge is 0.416 e. The molecule has 3 heterocycles. The van der Waals surface area contributed by atoms with Crippen molar-refractivity contribution in [1.29, 1.82) is 0 Å². The normalized spacial score (nSPS) is 20.7. The lowest BCUT2D eigenvalue weighted by Crippen LogP contribution is -2.47. The van der Waals surface area contributed by atoms with Gasteiger partial charge >= 0.3 is 12.2 Å². The van der Waals surface area contributed by atoms with Gasteiger partial charge in [0.1, 0.15) is 5.82 Å². The fraction of sp³-hybridized carbons (Fsp3) is 0.375. The zero-order valence-corrected chi connectivity index (χ0v) is 19.0. The number of carbonyl (C=O) groups is 1. The summed E-state index contributed by atoms with van der Waals surface area (Å²) < 4.78 is 39.6. The summed E-state index contributed by atoms with van der Waals surface area (Å²) in [6, 6.07) is 11.9. The predicted molar refractivity (Wildman–Crippen MR) is 121 cm³/mol. The van der Waals surface area contributed by atoms with Gasteiger partial charge in [0.15, 0.2) is 5.82 Å². The second-order valence-corrected chi connectivity index (χ2v) is 9.38. The van der Waals surface area contributed by atoms with Crippen molar-refractivity contribution in [2.75, 3.05) is 5.32 Å². The third kappa shape index (κ3) is 3.97. The van der Waals surface area contributed by atoms with Crippen LogP contribution in [0.1, 0.15) is 54.3 Å². The molecule has 3 N–H and O–H groups in total. The molecule has 0 saturated heterocycles. The second-order valence-electron chi connectivity index (χ2n) is 9.38. The van der Waals surface area contributed by atoms with Gasteiger partial charge in [0.05, 0.1) is 23.3 Å². The first-order chi connectivity index (χ1) is 16.0. The molecule has 10 heteroatoms. The van der Waals surface area contributed by atoms with Gasteiger partial charge in [-0.2, -0.15) is 18.3 Å². The van der Waals surface area contributed by atoms with Gasteiger partial charge < -0.3 is 15.5 Å². The van der Waals surface area contributed by atoms with Crippen molar-refractivity contribution >= 4 is 17.7 Å². The number of aromatic amines is 1. The molecule has 1 aromatic carbocycles. The van der Waals surface area contributed by atoms with Crippen molar-refractivity contribution in [3.05, 3.63) is 70.5 Å². The maximum atomic E-state index is 13.2. The smallest absolute Gasteiger partial charge is 0.335 e. The highest BCUT2D eigenvalue weighted by Crippen LogP contribution is 2.44. The van der Waals surface area contributed by atoms with Crippen LogP contribution >= 0.6 is 0 Å². The number of halogens is 3. The SMILES string of the molecule is Cc1cc(C(F)(F)F)cc(Nc2n[nH]c3c2CN(C(=O)N[C@H]2CC2c2ccccc2)C3(C)C)n1. The van der Waals surface area contributed by atoms with Gasteiger partial charge in [0.2, 0.25) is 0 Å². The minimum Gasteiger partial charge on any atom is -0.335 e. The Morgan fingerprint density at radius 2 is 1.94 bits per heavy atom. The standard InChI is InChI=1S/C24H25F3N6O/c1-13-9-15(24(25,26)27)10-19(28-13)30-21-17-12-33(23(2,3)20(17)31-32-21)22(34)29-18-11-16(18)14-7-5-4-6-8-14/h4-10,16,18H,11-12H2,1-3H3,(H,29,34)(H2,28,30,31,32)/t16?,18-/m0/s1. The summed E-state index contributed by atoms with van der Waals surface area (Å²) in [6.45, 7) is 5.60. The number of carbonyl (C=O) groups excluding carboxylic acids is 1. The van der Waals surface area contributed by atoms with Gasteiger partial charge in [0, 0.05) is 23.2 Å². The molecule has 5 rings (SSSR count). The number of anilines is 2. The quantitative estimate of drug-likeness (QED) is 0.490. The highest BCUT2D eigenvalue weighted by Gasteiger charge is 2.46. The molecule has 1 fully saturated rings. The minimum atomic E-state index is -4.48. The number of rotatable bonds is 4. The summed E-state index contributed by atoms with van der Waals surface area (Å²) in [4.78, 5) is 19.0. The Kier molecular flexibility index (Phi) is 5.07. The molecule has 2 aromatic heterocycles.